The summed E-state index contributed by atoms with van der Waals surface area (Å²) in [5, 5.41) is 0. The normalized spacial score (nSPS) is 46.1. The van der Waals surface area contributed by atoms with Crippen molar-refractivity contribution in [2.75, 3.05) is 6.54 Å². The van der Waals surface area contributed by atoms with E-state index in [-0.39, 0.29) is 21.6 Å². The molecule has 5 heteroatoms. The maximum absolute atomic E-state index is 12.8. The van der Waals surface area contributed by atoms with Crippen molar-refractivity contribution >= 4 is 33.8 Å². The summed E-state index contributed by atoms with van der Waals surface area (Å²) in [6.07, 6.45) is 10.1. The topological polar surface area (TPSA) is 20.3 Å². The Kier molecular flexibility index (Phi) is 3.50. The standard InChI is InChI=1S/C13H21BrClN2O/c14-16-11-7-3-1-4-8-13(16)9-5-2-6-10-17(13,15)12(11)18/h11H,1-10H2/q+1. The highest BCUT2D eigenvalue weighted by Gasteiger charge is 2.69. The van der Waals surface area contributed by atoms with Crippen LogP contribution in [0.1, 0.15) is 57.8 Å². The minimum atomic E-state index is -0.180. The Morgan fingerprint density at radius 1 is 1.17 bits per heavy atom. The highest BCUT2D eigenvalue weighted by molar-refractivity contribution is 9.07. The van der Waals surface area contributed by atoms with Gasteiger partial charge in [0.25, 0.3) is 0 Å². The molecule has 0 radical (unpaired) electrons. The van der Waals surface area contributed by atoms with Crippen LogP contribution in [-0.4, -0.2) is 32.1 Å². The number of amides is 1. The first-order valence-corrected chi connectivity index (χ1v) is 8.24. The number of fused-ring (bicyclic) bond motifs is 1. The van der Waals surface area contributed by atoms with E-state index in [1.165, 1.54) is 25.7 Å². The molecule has 0 saturated carbocycles. The molecule has 0 aromatic heterocycles. The largest absolute Gasteiger partial charge is 0.351 e. The van der Waals surface area contributed by atoms with Crippen LogP contribution in [0.3, 0.4) is 0 Å². The SMILES string of the molecule is O=C1C2CCCCCC3(CCCCC[N+]13Cl)N2Br. The molecular formula is C13H21BrClN2O+. The molecule has 18 heavy (non-hydrogen) atoms. The zero-order valence-electron chi connectivity index (χ0n) is 10.7. The van der Waals surface area contributed by atoms with Gasteiger partial charge in [0, 0.05) is 29.0 Å². The second-order valence-corrected chi connectivity index (χ2v) is 7.34. The smallest absolute Gasteiger partial charge is 0.227 e. The van der Waals surface area contributed by atoms with Crippen LogP contribution in [0.2, 0.25) is 0 Å². The van der Waals surface area contributed by atoms with Crippen LogP contribution in [0.4, 0.5) is 0 Å². The zero-order valence-corrected chi connectivity index (χ0v) is 13.0. The summed E-state index contributed by atoms with van der Waals surface area (Å²) in [7, 11) is 0. The number of quaternary nitrogens is 1. The predicted molar refractivity (Wildman–Crippen MR) is 74.8 cm³/mol. The lowest BCUT2D eigenvalue weighted by molar-refractivity contribution is -0.797. The predicted octanol–water partition coefficient (Wildman–Crippen LogP) is 3.71. The Hall–Kier alpha value is 0.360. The van der Waals surface area contributed by atoms with E-state index >= 15 is 0 Å². The summed E-state index contributed by atoms with van der Waals surface area (Å²) in [6.45, 7) is 0.805. The molecule has 3 atom stereocenters. The highest BCUT2D eigenvalue weighted by atomic mass is 79.9. The third-order valence-electron chi connectivity index (χ3n) is 5.06. The van der Waals surface area contributed by atoms with Crippen LogP contribution in [0.5, 0.6) is 0 Å². The Morgan fingerprint density at radius 2 is 1.83 bits per heavy atom. The molecule has 3 aliphatic rings. The lowest BCUT2D eigenvalue weighted by Gasteiger charge is -2.41. The van der Waals surface area contributed by atoms with E-state index in [2.05, 4.69) is 20.1 Å². The first-order chi connectivity index (χ1) is 8.62. The van der Waals surface area contributed by atoms with E-state index in [9.17, 15) is 4.79 Å². The van der Waals surface area contributed by atoms with Gasteiger partial charge in [-0.15, -0.1) is 4.00 Å². The zero-order chi connectivity index (χ0) is 12.8. The highest BCUT2D eigenvalue weighted by Crippen LogP contribution is 2.53. The fourth-order valence-corrected chi connectivity index (χ4v) is 5.64. The van der Waals surface area contributed by atoms with Crippen LogP contribution in [-0.2, 0) is 4.79 Å². The van der Waals surface area contributed by atoms with Gasteiger partial charge in [0.05, 0.1) is 0 Å². The number of halogens is 2. The Labute approximate surface area is 122 Å². The molecule has 0 aromatic rings. The molecule has 3 rings (SSSR count). The van der Waals surface area contributed by atoms with Crippen molar-refractivity contribution < 1.29 is 8.80 Å². The van der Waals surface area contributed by atoms with E-state index < -0.39 is 0 Å². The van der Waals surface area contributed by atoms with Gasteiger partial charge in [-0.3, -0.25) is 0 Å². The van der Waals surface area contributed by atoms with E-state index in [0.29, 0.717) is 0 Å². The van der Waals surface area contributed by atoms with Crippen LogP contribution in [0.15, 0.2) is 0 Å². The van der Waals surface area contributed by atoms with Crippen LogP contribution in [0.25, 0.3) is 0 Å². The first-order valence-electron chi connectivity index (χ1n) is 7.19. The maximum atomic E-state index is 12.8. The molecule has 1 amide bonds. The van der Waals surface area contributed by atoms with Gasteiger partial charge in [0.2, 0.25) is 0 Å². The molecule has 0 aromatic carbocycles. The third kappa shape index (κ3) is 1.65. The first kappa shape index (κ1) is 13.3. The summed E-state index contributed by atoms with van der Waals surface area (Å²) in [5.74, 6) is 0.234. The summed E-state index contributed by atoms with van der Waals surface area (Å²) in [5.41, 5.74) is -0.180. The van der Waals surface area contributed by atoms with Crippen molar-refractivity contribution in [3.8, 4) is 0 Å². The fraction of sp³-hybridized carbons (Fsp3) is 0.923. The second-order valence-electron chi connectivity index (χ2n) is 6.00. The molecule has 3 fully saturated rings. The number of hydrogen-bond donors (Lipinski definition) is 0. The quantitative estimate of drug-likeness (QED) is 0.629. The van der Waals surface area contributed by atoms with Crippen molar-refractivity contribution in [2.24, 2.45) is 0 Å². The molecule has 102 valence electrons. The van der Waals surface area contributed by atoms with Gasteiger partial charge in [-0.05, 0) is 32.1 Å². The van der Waals surface area contributed by atoms with Crippen LogP contribution < -0.4 is 0 Å². The van der Waals surface area contributed by atoms with Gasteiger partial charge in [-0.2, -0.15) is 3.93 Å². The summed E-state index contributed by atoms with van der Waals surface area (Å²) in [6, 6.07) is -0.0131. The van der Waals surface area contributed by atoms with Gasteiger partial charge >= 0.3 is 5.91 Å². The Bertz CT molecular complexity index is 367. The Morgan fingerprint density at radius 3 is 2.56 bits per heavy atom. The van der Waals surface area contributed by atoms with Gasteiger partial charge in [0.15, 0.2) is 17.4 Å². The van der Waals surface area contributed by atoms with Crippen molar-refractivity contribution in [1.29, 1.82) is 0 Å². The number of hydrogen-bond acceptors (Lipinski definition) is 2. The molecule has 3 unspecified atom stereocenters. The minimum Gasteiger partial charge on any atom is -0.227 e. The van der Waals surface area contributed by atoms with Crippen molar-refractivity contribution in [3.05, 3.63) is 0 Å². The van der Waals surface area contributed by atoms with Crippen LogP contribution in [0, 0.1) is 0 Å². The van der Waals surface area contributed by atoms with E-state index in [0.717, 1.165) is 38.6 Å². The summed E-state index contributed by atoms with van der Waals surface area (Å²) < 4.78 is 2.31. The maximum Gasteiger partial charge on any atom is 0.351 e. The van der Waals surface area contributed by atoms with Gasteiger partial charge in [0.1, 0.15) is 12.6 Å². The lowest BCUT2D eigenvalue weighted by Crippen LogP contribution is -2.59. The van der Waals surface area contributed by atoms with Crippen molar-refractivity contribution in [3.63, 3.8) is 0 Å². The number of carbonyl (C=O) groups excluding carboxylic acids is 1. The fourth-order valence-electron chi connectivity index (χ4n) is 4.07. The van der Waals surface area contributed by atoms with Gasteiger partial charge < -0.3 is 0 Å². The molecule has 3 saturated heterocycles. The van der Waals surface area contributed by atoms with Gasteiger partial charge in [-0.1, -0.05) is 12.8 Å². The second kappa shape index (κ2) is 4.72. The monoisotopic (exact) mass is 335 g/mol. The lowest BCUT2D eigenvalue weighted by atomic mass is 9.93. The molecule has 0 N–H and O–H groups in total. The number of nitrogens with zero attached hydrogens (tertiary/aromatic N) is 2. The van der Waals surface area contributed by atoms with E-state index in [1.54, 1.807) is 0 Å². The van der Waals surface area contributed by atoms with Crippen LogP contribution >= 0.6 is 27.9 Å². The van der Waals surface area contributed by atoms with Crippen molar-refractivity contribution in [2.45, 2.75) is 69.5 Å². The summed E-state index contributed by atoms with van der Waals surface area (Å²) >= 11 is 10.6. The van der Waals surface area contributed by atoms with Gasteiger partial charge in [-0.25, -0.2) is 4.79 Å². The molecule has 0 aliphatic carbocycles. The van der Waals surface area contributed by atoms with E-state index in [1.807, 2.05) is 0 Å². The van der Waals surface area contributed by atoms with E-state index in [4.69, 9.17) is 11.8 Å². The third-order valence-corrected chi connectivity index (χ3v) is 6.87. The molecule has 3 aliphatic heterocycles. The molecule has 2 bridgehead atoms. The summed E-state index contributed by atoms with van der Waals surface area (Å²) in [4.78, 5) is 12.8. The van der Waals surface area contributed by atoms with Crippen molar-refractivity contribution in [1.82, 2.24) is 3.93 Å². The number of rotatable bonds is 0. The Balaban J connectivity index is 2.07. The molecular weight excluding hydrogens is 316 g/mol. The minimum absolute atomic E-state index is 0.0131. The molecule has 3 nitrogen and oxygen atoms in total. The number of carbonyl (C=O) groups is 1. The average Bonchev–Trinajstić information content (AvgIpc) is 2.47. The molecule has 3 heterocycles. The average molecular weight is 337 g/mol. The molecule has 1 spiro atoms.